The van der Waals surface area contributed by atoms with Crippen molar-refractivity contribution in [1.82, 2.24) is 4.98 Å². The van der Waals surface area contributed by atoms with Crippen LogP contribution in [0.15, 0.2) is 36.4 Å². The molecule has 0 bridgehead atoms. The molecule has 1 rings (SSSR count). The van der Waals surface area contributed by atoms with E-state index in [0.717, 1.165) is 11.3 Å². The van der Waals surface area contributed by atoms with Crippen LogP contribution in [-0.2, 0) is 0 Å². The van der Waals surface area contributed by atoms with E-state index in [1.807, 2.05) is 13.8 Å². The van der Waals surface area contributed by atoms with Gasteiger partial charge in [0.15, 0.2) is 0 Å². The van der Waals surface area contributed by atoms with Crippen molar-refractivity contribution in [2.45, 2.75) is 13.8 Å². The van der Waals surface area contributed by atoms with Gasteiger partial charge in [-0.2, -0.15) is 5.26 Å². The van der Waals surface area contributed by atoms with Crippen LogP contribution >= 0.6 is 0 Å². The molecule has 1 aromatic heterocycles. The van der Waals surface area contributed by atoms with E-state index in [9.17, 15) is 4.79 Å². The van der Waals surface area contributed by atoms with E-state index >= 15 is 0 Å². The van der Waals surface area contributed by atoms with Crippen molar-refractivity contribution in [3.05, 3.63) is 53.4 Å². The van der Waals surface area contributed by atoms with Gasteiger partial charge in [0.05, 0.1) is 18.4 Å². The van der Waals surface area contributed by atoms with Crippen molar-refractivity contribution in [2.24, 2.45) is 0 Å². The van der Waals surface area contributed by atoms with Gasteiger partial charge < -0.3 is 9.72 Å². The molecule has 0 unspecified atom stereocenters. The molecule has 0 atom stereocenters. The van der Waals surface area contributed by atoms with Crippen LogP contribution in [0.2, 0.25) is 0 Å². The standard InChI is InChI=1S/C15H16N2O2/c1-10-7-13(19-4)6-5-12(3)17-14(8-10)15(18)11(2)9-16/h5-8,17H,2H2,1,3-4H3. The Hall–Kier alpha value is -2.54. The third-order valence-electron chi connectivity index (χ3n) is 2.46. The molecular formula is C15H16N2O2. The number of hydrogen-bond donors (Lipinski definition) is 1. The molecule has 0 amide bonds. The highest BCUT2D eigenvalue weighted by Crippen LogP contribution is 2.12. The summed E-state index contributed by atoms with van der Waals surface area (Å²) in [6.45, 7) is 7.10. The lowest BCUT2D eigenvalue weighted by atomic mass is 10.1. The number of nitriles is 1. The van der Waals surface area contributed by atoms with Gasteiger partial charge in [0.25, 0.3) is 0 Å². The number of nitrogens with zero attached hydrogens (tertiary/aromatic N) is 1. The number of ether oxygens (including phenoxy) is 1. The number of carbonyl (C=O) groups excluding carboxylic acids is 1. The summed E-state index contributed by atoms with van der Waals surface area (Å²) in [5.74, 6) is 0.270. The first kappa shape index (κ1) is 14.5. The number of Topliss-reactive ketones (excluding diaryl/α,β-unsaturated/α-hetero) is 1. The fourth-order valence-corrected chi connectivity index (χ4v) is 1.50. The minimum absolute atomic E-state index is 0.0986. The lowest BCUT2D eigenvalue weighted by Gasteiger charge is -1.98. The maximum atomic E-state index is 12.0. The number of hydrogen-bond acceptors (Lipinski definition) is 3. The molecule has 0 aliphatic rings. The summed E-state index contributed by atoms with van der Waals surface area (Å²) in [4.78, 5) is 15.0. The van der Waals surface area contributed by atoms with Crippen LogP contribution in [0.5, 0.6) is 5.75 Å². The number of ketones is 1. The maximum absolute atomic E-state index is 12.0. The Morgan fingerprint density at radius 2 is 2.05 bits per heavy atom. The van der Waals surface area contributed by atoms with Crippen LogP contribution in [0.25, 0.3) is 0 Å². The van der Waals surface area contributed by atoms with Crippen LogP contribution in [0.3, 0.4) is 0 Å². The molecule has 0 fully saturated rings. The van der Waals surface area contributed by atoms with Gasteiger partial charge in [0, 0.05) is 5.69 Å². The van der Waals surface area contributed by atoms with Crippen molar-refractivity contribution >= 4 is 5.78 Å². The first-order chi connectivity index (χ1) is 8.97. The number of allylic oxidation sites excluding steroid dienone is 1. The van der Waals surface area contributed by atoms with Crippen LogP contribution in [0, 0.1) is 25.2 Å². The third-order valence-corrected chi connectivity index (χ3v) is 2.46. The minimum Gasteiger partial charge on any atom is -0.497 e. The second-order valence-electron chi connectivity index (χ2n) is 4.11. The molecule has 1 N–H and O–H groups in total. The summed E-state index contributed by atoms with van der Waals surface area (Å²) in [6.07, 6.45) is 0. The average Bonchev–Trinajstić information content (AvgIpc) is 2.46. The Balaban J connectivity index is 3.52. The normalized spacial score (nSPS) is 9.16. The molecule has 0 spiro atoms. The Kier molecular flexibility index (Phi) is 4.90. The zero-order valence-electron chi connectivity index (χ0n) is 11.3. The highest BCUT2D eigenvalue weighted by molar-refractivity contribution is 6.09. The molecular weight excluding hydrogens is 240 g/mol. The van der Waals surface area contributed by atoms with Crippen LogP contribution < -0.4 is 4.74 Å². The number of aryl methyl sites for hydroxylation is 2. The topological polar surface area (TPSA) is 65.9 Å². The second kappa shape index (κ2) is 6.41. The Morgan fingerprint density at radius 3 is 2.63 bits per heavy atom. The molecule has 19 heavy (non-hydrogen) atoms. The van der Waals surface area contributed by atoms with Crippen molar-refractivity contribution < 1.29 is 9.53 Å². The summed E-state index contributed by atoms with van der Waals surface area (Å²) in [6, 6.07) is 8.83. The number of aromatic amines is 1. The largest absolute Gasteiger partial charge is 0.497 e. The number of aromatic nitrogens is 1. The van der Waals surface area contributed by atoms with Crippen molar-refractivity contribution in [2.75, 3.05) is 7.11 Å². The minimum atomic E-state index is -0.413. The zero-order chi connectivity index (χ0) is 14.4. The third kappa shape index (κ3) is 4.00. The first-order valence-electron chi connectivity index (χ1n) is 5.71. The zero-order valence-corrected chi connectivity index (χ0v) is 11.3. The number of methoxy groups -OCH3 is 1. The van der Waals surface area contributed by atoms with E-state index in [1.54, 1.807) is 37.4 Å². The predicted octanol–water partition coefficient (Wildman–Crippen LogP) is 3.03. The van der Waals surface area contributed by atoms with E-state index in [4.69, 9.17) is 10.00 Å². The Bertz CT molecular complexity index is 605. The first-order valence-corrected chi connectivity index (χ1v) is 5.71. The van der Waals surface area contributed by atoms with Crippen LogP contribution in [-0.4, -0.2) is 17.9 Å². The lowest BCUT2D eigenvalue weighted by Crippen LogP contribution is -2.03. The number of rotatable bonds is 3. The van der Waals surface area contributed by atoms with Crippen molar-refractivity contribution in [1.29, 1.82) is 5.26 Å². The van der Waals surface area contributed by atoms with Gasteiger partial charge in [0.2, 0.25) is 5.78 Å². The van der Waals surface area contributed by atoms with E-state index < -0.39 is 5.78 Å². The van der Waals surface area contributed by atoms with E-state index in [2.05, 4.69) is 11.6 Å². The summed E-state index contributed by atoms with van der Waals surface area (Å²) in [5.41, 5.74) is 1.82. The molecule has 4 nitrogen and oxygen atoms in total. The summed E-state index contributed by atoms with van der Waals surface area (Å²) < 4.78 is 5.19. The maximum Gasteiger partial charge on any atom is 0.219 e. The number of carbonyl (C=O) groups is 1. The molecule has 0 aromatic carbocycles. The van der Waals surface area contributed by atoms with Gasteiger partial charge in [-0.25, -0.2) is 0 Å². The summed E-state index contributed by atoms with van der Waals surface area (Å²) in [7, 11) is 1.58. The fraction of sp³-hybridized carbons (Fsp3) is 0.200. The molecule has 4 heteroatoms. The van der Waals surface area contributed by atoms with Gasteiger partial charge in [-0.3, -0.25) is 4.79 Å². The van der Waals surface area contributed by atoms with Crippen molar-refractivity contribution in [3.8, 4) is 11.8 Å². The van der Waals surface area contributed by atoms with Crippen LogP contribution in [0.1, 0.15) is 21.7 Å². The summed E-state index contributed by atoms with van der Waals surface area (Å²) in [5, 5.41) is 8.74. The van der Waals surface area contributed by atoms with Crippen LogP contribution in [0.4, 0.5) is 0 Å². The molecule has 1 aromatic rings. The van der Waals surface area contributed by atoms with Crippen molar-refractivity contribution in [3.63, 3.8) is 0 Å². The Morgan fingerprint density at radius 1 is 1.37 bits per heavy atom. The highest BCUT2D eigenvalue weighted by atomic mass is 16.5. The molecule has 1 heterocycles. The smallest absolute Gasteiger partial charge is 0.219 e. The van der Waals surface area contributed by atoms with Gasteiger partial charge in [0.1, 0.15) is 11.8 Å². The van der Waals surface area contributed by atoms with Gasteiger partial charge in [-0.15, -0.1) is 0 Å². The van der Waals surface area contributed by atoms with E-state index in [1.165, 1.54) is 0 Å². The van der Waals surface area contributed by atoms with E-state index in [0.29, 0.717) is 11.4 Å². The Labute approximate surface area is 112 Å². The highest BCUT2D eigenvalue weighted by Gasteiger charge is 2.09. The van der Waals surface area contributed by atoms with Gasteiger partial charge in [-0.05, 0) is 43.7 Å². The molecule has 98 valence electrons. The summed E-state index contributed by atoms with van der Waals surface area (Å²) >= 11 is 0. The monoisotopic (exact) mass is 256 g/mol. The number of H-pyrrole nitrogens is 1. The molecule has 0 aliphatic heterocycles. The molecule has 0 saturated carbocycles. The molecule has 0 saturated heterocycles. The van der Waals surface area contributed by atoms with Gasteiger partial charge >= 0.3 is 0 Å². The lowest BCUT2D eigenvalue weighted by molar-refractivity contribution is 0.103. The average molecular weight is 256 g/mol. The quantitative estimate of drug-likeness (QED) is 0.513. The van der Waals surface area contributed by atoms with Gasteiger partial charge in [-0.1, -0.05) is 6.58 Å². The second-order valence-corrected chi connectivity index (χ2v) is 4.11. The predicted molar refractivity (Wildman–Crippen MR) is 73.5 cm³/mol. The molecule has 0 aliphatic carbocycles. The SMILES string of the molecule is C=C(C#N)C(=O)c1cc(C)cc(OC)ccc(C)[nH]1. The fourth-order valence-electron chi connectivity index (χ4n) is 1.50. The van der Waals surface area contributed by atoms with E-state index in [-0.39, 0.29) is 5.57 Å². The number of nitrogens with one attached hydrogen (secondary N) is 1. The molecule has 0 radical (unpaired) electrons.